The van der Waals surface area contributed by atoms with Gasteiger partial charge >= 0.3 is 0 Å². The topological polar surface area (TPSA) is 64.0 Å². The highest BCUT2D eigenvalue weighted by atomic mass is 32.1. The number of hydrogen-bond donors (Lipinski definition) is 1. The molecule has 0 aliphatic rings. The van der Waals surface area contributed by atoms with Gasteiger partial charge in [-0.25, -0.2) is 4.98 Å². The zero-order valence-corrected chi connectivity index (χ0v) is 22.0. The van der Waals surface area contributed by atoms with Gasteiger partial charge in [0.05, 0.1) is 11.7 Å². The van der Waals surface area contributed by atoms with E-state index in [-0.39, 0.29) is 11.5 Å². The third-order valence-corrected chi connectivity index (χ3v) is 7.75. The highest BCUT2D eigenvalue weighted by molar-refractivity contribution is 7.17. The van der Waals surface area contributed by atoms with E-state index < -0.39 is 6.04 Å². The summed E-state index contributed by atoms with van der Waals surface area (Å²) in [6, 6.07) is 23.7. The lowest BCUT2D eigenvalue weighted by atomic mass is 10.0. The molecule has 1 unspecified atom stereocenters. The monoisotopic (exact) mass is 507 g/mol. The molecule has 0 bridgehead atoms. The van der Waals surface area contributed by atoms with Crippen molar-refractivity contribution in [1.82, 2.24) is 9.55 Å². The Morgan fingerprint density at radius 1 is 0.892 bits per heavy atom. The molecule has 0 spiro atoms. The number of thiophene rings is 1. The third-order valence-electron chi connectivity index (χ3n) is 6.87. The van der Waals surface area contributed by atoms with Gasteiger partial charge < -0.3 is 5.32 Å². The van der Waals surface area contributed by atoms with Gasteiger partial charge in [0.1, 0.15) is 10.9 Å². The maximum absolute atomic E-state index is 13.7. The summed E-state index contributed by atoms with van der Waals surface area (Å²) in [4.78, 5) is 32.2. The number of anilines is 1. The van der Waals surface area contributed by atoms with Crippen LogP contribution in [0, 0.1) is 0 Å². The summed E-state index contributed by atoms with van der Waals surface area (Å²) in [5, 5.41) is 5.61. The lowest BCUT2D eigenvalue weighted by Gasteiger charge is -2.19. The quantitative estimate of drug-likeness (QED) is 0.255. The van der Waals surface area contributed by atoms with Gasteiger partial charge in [0, 0.05) is 16.6 Å². The minimum Gasteiger partial charge on any atom is -0.324 e. The second-order valence-electron chi connectivity index (χ2n) is 9.05. The number of aryl methyl sites for hydroxylation is 2. The van der Waals surface area contributed by atoms with E-state index in [0.29, 0.717) is 10.2 Å². The van der Waals surface area contributed by atoms with Crippen molar-refractivity contribution >= 4 is 33.1 Å². The van der Waals surface area contributed by atoms with Gasteiger partial charge in [0.25, 0.3) is 5.56 Å². The molecule has 37 heavy (non-hydrogen) atoms. The minimum absolute atomic E-state index is 0.212. The lowest BCUT2D eigenvalue weighted by molar-refractivity contribution is -0.118. The van der Waals surface area contributed by atoms with Crippen LogP contribution in [0.5, 0.6) is 0 Å². The van der Waals surface area contributed by atoms with Gasteiger partial charge in [-0.15, -0.1) is 11.3 Å². The van der Waals surface area contributed by atoms with Crippen molar-refractivity contribution < 1.29 is 4.79 Å². The Morgan fingerprint density at radius 2 is 1.51 bits per heavy atom. The number of para-hydroxylation sites is 1. The molecule has 5 rings (SSSR count). The molecule has 5 aromatic rings. The highest BCUT2D eigenvalue weighted by Gasteiger charge is 2.22. The molecule has 0 saturated carbocycles. The van der Waals surface area contributed by atoms with Gasteiger partial charge in [-0.3, -0.25) is 14.2 Å². The SMILES string of the molecule is CCc1cccc(CC)c1NC(=O)C(C)n1cnc2scc(-c3ccc(-c4ccccc4)cc3)c2c1=O. The summed E-state index contributed by atoms with van der Waals surface area (Å²) in [6.45, 7) is 5.88. The van der Waals surface area contributed by atoms with Crippen molar-refractivity contribution in [2.75, 3.05) is 5.32 Å². The fourth-order valence-corrected chi connectivity index (χ4v) is 5.57. The smallest absolute Gasteiger partial charge is 0.263 e. The van der Waals surface area contributed by atoms with Gasteiger partial charge in [-0.1, -0.05) is 86.6 Å². The molecule has 1 atom stereocenters. The molecule has 1 amide bonds. The Labute approximate surface area is 220 Å². The van der Waals surface area contributed by atoms with Gasteiger partial charge in [0.2, 0.25) is 5.91 Å². The molecule has 2 aromatic heterocycles. The number of rotatable bonds is 7. The van der Waals surface area contributed by atoms with Crippen LogP contribution in [0.15, 0.2) is 89.3 Å². The number of aromatic nitrogens is 2. The first-order valence-electron chi connectivity index (χ1n) is 12.6. The molecule has 1 N–H and O–H groups in total. The van der Waals surface area contributed by atoms with Crippen LogP contribution >= 0.6 is 11.3 Å². The Balaban J connectivity index is 1.48. The van der Waals surface area contributed by atoms with Crippen LogP contribution < -0.4 is 10.9 Å². The molecule has 5 nitrogen and oxygen atoms in total. The molecule has 0 radical (unpaired) electrons. The molecule has 0 saturated heterocycles. The Kier molecular flexibility index (Phi) is 7.01. The van der Waals surface area contributed by atoms with E-state index in [1.807, 2.05) is 53.9 Å². The van der Waals surface area contributed by atoms with Crippen molar-refractivity contribution in [3.63, 3.8) is 0 Å². The predicted molar refractivity (Wildman–Crippen MR) is 153 cm³/mol. The number of nitrogens with zero attached hydrogens (tertiary/aromatic N) is 2. The second kappa shape index (κ2) is 10.5. The van der Waals surface area contributed by atoms with Crippen molar-refractivity contribution in [2.45, 2.75) is 39.7 Å². The van der Waals surface area contributed by atoms with Crippen LogP contribution in [0.25, 0.3) is 32.5 Å². The number of fused-ring (bicyclic) bond motifs is 1. The van der Waals surface area contributed by atoms with E-state index in [4.69, 9.17) is 0 Å². The molecule has 0 aliphatic heterocycles. The first kappa shape index (κ1) is 24.7. The zero-order chi connectivity index (χ0) is 25.9. The van der Waals surface area contributed by atoms with Crippen molar-refractivity contribution in [3.05, 3.63) is 106 Å². The number of benzene rings is 3. The standard InChI is InChI=1S/C31H29N3O2S/c1-4-21-12-9-13-22(5-2)28(21)33-29(35)20(3)34-19-32-30-27(31(34)36)26(18-37-30)25-16-14-24(15-17-25)23-10-7-6-8-11-23/h6-20H,4-5H2,1-3H3,(H,33,35). The predicted octanol–water partition coefficient (Wildman–Crippen LogP) is 7.12. The molecule has 0 fully saturated rings. The normalized spacial score (nSPS) is 12.0. The molecule has 186 valence electrons. The lowest BCUT2D eigenvalue weighted by Crippen LogP contribution is -2.32. The van der Waals surface area contributed by atoms with Gasteiger partial charge in [-0.2, -0.15) is 0 Å². The first-order valence-corrected chi connectivity index (χ1v) is 13.5. The number of nitrogens with one attached hydrogen (secondary N) is 1. The van der Waals surface area contributed by atoms with Gasteiger partial charge in [0.15, 0.2) is 0 Å². The summed E-state index contributed by atoms with van der Waals surface area (Å²) in [5.74, 6) is -0.233. The van der Waals surface area contributed by atoms with E-state index in [2.05, 4.69) is 48.4 Å². The number of amides is 1. The highest BCUT2D eigenvalue weighted by Crippen LogP contribution is 2.32. The maximum Gasteiger partial charge on any atom is 0.263 e. The van der Waals surface area contributed by atoms with Crippen LogP contribution in [0.1, 0.15) is 37.9 Å². The summed E-state index contributed by atoms with van der Waals surface area (Å²) < 4.78 is 1.44. The third kappa shape index (κ3) is 4.72. The average Bonchev–Trinajstić information content (AvgIpc) is 3.38. The summed E-state index contributed by atoms with van der Waals surface area (Å²) in [6.07, 6.45) is 3.11. The molecular formula is C31H29N3O2S. The average molecular weight is 508 g/mol. The fourth-order valence-electron chi connectivity index (χ4n) is 4.66. The van der Waals surface area contributed by atoms with Crippen LogP contribution in [-0.2, 0) is 17.6 Å². The molecular weight excluding hydrogens is 478 g/mol. The number of carbonyl (C=O) groups is 1. The minimum atomic E-state index is -0.716. The summed E-state index contributed by atoms with van der Waals surface area (Å²) >= 11 is 1.44. The van der Waals surface area contributed by atoms with Crippen molar-refractivity contribution in [3.8, 4) is 22.3 Å². The van der Waals surface area contributed by atoms with Crippen LogP contribution in [0.4, 0.5) is 5.69 Å². The fraction of sp³-hybridized carbons (Fsp3) is 0.194. The first-order chi connectivity index (χ1) is 18.0. The van der Waals surface area contributed by atoms with E-state index >= 15 is 0 Å². The second-order valence-corrected chi connectivity index (χ2v) is 9.91. The molecule has 3 aromatic carbocycles. The molecule has 2 heterocycles. The van der Waals surface area contributed by atoms with Crippen LogP contribution in [-0.4, -0.2) is 15.5 Å². The van der Waals surface area contributed by atoms with Crippen LogP contribution in [0.3, 0.4) is 0 Å². The maximum atomic E-state index is 13.7. The Bertz CT molecular complexity index is 1600. The number of hydrogen-bond acceptors (Lipinski definition) is 4. The Morgan fingerprint density at radius 3 is 2.16 bits per heavy atom. The summed E-state index contributed by atoms with van der Waals surface area (Å²) in [7, 11) is 0. The molecule has 0 aliphatic carbocycles. The summed E-state index contributed by atoms with van der Waals surface area (Å²) in [5.41, 5.74) is 6.84. The zero-order valence-electron chi connectivity index (χ0n) is 21.2. The van der Waals surface area contributed by atoms with Crippen molar-refractivity contribution in [2.24, 2.45) is 0 Å². The van der Waals surface area contributed by atoms with E-state index in [1.165, 1.54) is 22.2 Å². The van der Waals surface area contributed by atoms with Crippen molar-refractivity contribution in [1.29, 1.82) is 0 Å². The largest absolute Gasteiger partial charge is 0.324 e. The number of carbonyl (C=O) groups excluding carboxylic acids is 1. The Hall–Kier alpha value is -4.03. The van der Waals surface area contributed by atoms with E-state index in [0.717, 1.165) is 51.9 Å². The van der Waals surface area contributed by atoms with E-state index in [1.54, 1.807) is 6.92 Å². The molecule has 6 heteroatoms. The van der Waals surface area contributed by atoms with Gasteiger partial charge in [-0.05, 0) is 47.6 Å². The van der Waals surface area contributed by atoms with Crippen LogP contribution in [0.2, 0.25) is 0 Å². The van der Waals surface area contributed by atoms with E-state index in [9.17, 15) is 9.59 Å².